The van der Waals surface area contributed by atoms with Gasteiger partial charge in [-0.1, -0.05) is 11.6 Å². The lowest BCUT2D eigenvalue weighted by Crippen LogP contribution is -2.24. The molecule has 1 aliphatic rings. The molecule has 0 spiro atoms. The fourth-order valence-corrected chi connectivity index (χ4v) is 3.14. The zero-order chi connectivity index (χ0) is 18.1. The van der Waals surface area contributed by atoms with Crippen LogP contribution in [-0.2, 0) is 0 Å². The van der Waals surface area contributed by atoms with Crippen LogP contribution in [0.4, 0.5) is 21.8 Å². The zero-order valence-electron chi connectivity index (χ0n) is 14.1. The summed E-state index contributed by atoms with van der Waals surface area (Å²) in [4.78, 5) is 19.6. The highest BCUT2D eigenvalue weighted by Gasteiger charge is 2.20. The first kappa shape index (κ1) is 16.9. The van der Waals surface area contributed by atoms with E-state index >= 15 is 0 Å². The Kier molecular flexibility index (Phi) is 4.52. The number of anilines is 3. The van der Waals surface area contributed by atoms with Gasteiger partial charge in [-0.3, -0.25) is 0 Å². The van der Waals surface area contributed by atoms with Gasteiger partial charge in [0.1, 0.15) is 23.2 Å². The highest BCUT2D eigenvalue weighted by Crippen LogP contribution is 2.25. The lowest BCUT2D eigenvalue weighted by molar-refractivity contribution is 0.414. The van der Waals surface area contributed by atoms with Gasteiger partial charge in [0.15, 0.2) is 5.82 Å². The van der Waals surface area contributed by atoms with Crippen LogP contribution in [-0.4, -0.2) is 51.0 Å². The minimum atomic E-state index is -0.472. The van der Waals surface area contributed by atoms with E-state index in [1.165, 1.54) is 18.5 Å². The summed E-state index contributed by atoms with van der Waals surface area (Å²) in [5, 5.41) is 6.51. The molecular formula is C17H17ClFN7. The van der Waals surface area contributed by atoms with Crippen LogP contribution in [0.5, 0.6) is 0 Å². The van der Waals surface area contributed by atoms with E-state index < -0.39 is 5.82 Å². The Balaban J connectivity index is 1.63. The molecule has 0 saturated carbocycles. The molecule has 0 aliphatic carbocycles. The van der Waals surface area contributed by atoms with Gasteiger partial charge < -0.3 is 15.5 Å². The van der Waals surface area contributed by atoms with Crippen molar-refractivity contribution in [3.8, 4) is 0 Å². The summed E-state index contributed by atoms with van der Waals surface area (Å²) in [7, 11) is 2.09. The van der Waals surface area contributed by atoms with Crippen LogP contribution in [0.3, 0.4) is 0 Å². The first-order valence-corrected chi connectivity index (χ1v) is 8.61. The van der Waals surface area contributed by atoms with Crippen molar-refractivity contribution in [3.05, 3.63) is 41.6 Å². The molecule has 0 amide bonds. The van der Waals surface area contributed by atoms with E-state index in [-0.39, 0.29) is 5.02 Å². The molecule has 0 bridgehead atoms. The normalized spacial score (nSPS) is 17.6. The number of fused-ring (bicyclic) bond motifs is 1. The number of aromatic nitrogens is 4. The molecule has 26 heavy (non-hydrogen) atoms. The van der Waals surface area contributed by atoms with Crippen molar-refractivity contribution in [2.75, 3.05) is 30.8 Å². The van der Waals surface area contributed by atoms with Crippen LogP contribution in [0.25, 0.3) is 11.0 Å². The van der Waals surface area contributed by atoms with Crippen LogP contribution < -0.4 is 10.6 Å². The molecule has 4 rings (SSSR count). The van der Waals surface area contributed by atoms with Gasteiger partial charge in [0.2, 0.25) is 5.95 Å². The summed E-state index contributed by atoms with van der Waals surface area (Å²) in [6.07, 6.45) is 4.13. The highest BCUT2D eigenvalue weighted by atomic mass is 35.5. The van der Waals surface area contributed by atoms with E-state index in [9.17, 15) is 4.39 Å². The predicted octanol–water partition coefficient (Wildman–Crippen LogP) is 3.07. The van der Waals surface area contributed by atoms with Crippen LogP contribution >= 0.6 is 11.6 Å². The monoisotopic (exact) mass is 373 g/mol. The second-order valence-corrected chi connectivity index (χ2v) is 6.70. The van der Waals surface area contributed by atoms with Gasteiger partial charge in [-0.15, -0.1) is 0 Å². The summed E-state index contributed by atoms with van der Waals surface area (Å²) < 4.78 is 13.3. The van der Waals surface area contributed by atoms with Gasteiger partial charge in [0, 0.05) is 18.3 Å². The van der Waals surface area contributed by atoms with Gasteiger partial charge in [0.05, 0.1) is 11.2 Å². The largest absolute Gasteiger partial charge is 0.350 e. The highest BCUT2D eigenvalue weighted by molar-refractivity contribution is 6.31. The lowest BCUT2D eigenvalue weighted by atomic mass is 10.3. The van der Waals surface area contributed by atoms with E-state index in [0.29, 0.717) is 34.5 Å². The standard InChI is InChI=1S/C17H17ClFN7/c1-26-5-4-11(8-26)24-17-20-7-14-15(25-17)16(22-9-21-14)23-10-2-3-13(19)12(18)6-10/h2-3,6-7,9,11H,4-5,8H2,1H3,(H,20,24,25)(H,21,22,23). The van der Waals surface area contributed by atoms with Crippen molar-refractivity contribution >= 4 is 40.1 Å². The Hall–Kier alpha value is -2.58. The van der Waals surface area contributed by atoms with Crippen LogP contribution in [0.2, 0.25) is 5.02 Å². The average molecular weight is 374 g/mol. The number of halogens is 2. The second kappa shape index (κ2) is 6.97. The van der Waals surface area contributed by atoms with Crippen LogP contribution in [0.15, 0.2) is 30.7 Å². The van der Waals surface area contributed by atoms with Crippen molar-refractivity contribution in [1.82, 2.24) is 24.8 Å². The molecule has 3 aromatic rings. The van der Waals surface area contributed by atoms with Gasteiger partial charge in [0.25, 0.3) is 0 Å². The molecule has 0 radical (unpaired) electrons. The number of nitrogens with zero attached hydrogens (tertiary/aromatic N) is 5. The molecular weight excluding hydrogens is 357 g/mol. The molecule has 2 N–H and O–H groups in total. The zero-order valence-corrected chi connectivity index (χ0v) is 14.8. The average Bonchev–Trinajstić information content (AvgIpc) is 3.03. The van der Waals surface area contributed by atoms with Crippen LogP contribution in [0.1, 0.15) is 6.42 Å². The minimum Gasteiger partial charge on any atom is -0.350 e. The third kappa shape index (κ3) is 3.51. The number of benzene rings is 1. The van der Waals surface area contributed by atoms with Crippen molar-refractivity contribution in [2.45, 2.75) is 12.5 Å². The Morgan fingerprint density at radius 2 is 2.15 bits per heavy atom. The Morgan fingerprint density at radius 1 is 1.27 bits per heavy atom. The van der Waals surface area contributed by atoms with Gasteiger partial charge in [-0.2, -0.15) is 0 Å². The minimum absolute atomic E-state index is 0.0377. The topological polar surface area (TPSA) is 78.9 Å². The van der Waals surface area contributed by atoms with Gasteiger partial charge >= 0.3 is 0 Å². The summed E-state index contributed by atoms with van der Waals surface area (Å²) in [5.74, 6) is 0.569. The summed E-state index contributed by atoms with van der Waals surface area (Å²) in [6, 6.07) is 4.70. The molecule has 1 atom stereocenters. The summed E-state index contributed by atoms with van der Waals surface area (Å²) in [6.45, 7) is 2.00. The van der Waals surface area contributed by atoms with Crippen molar-refractivity contribution in [1.29, 1.82) is 0 Å². The summed E-state index contributed by atoms with van der Waals surface area (Å²) >= 11 is 5.84. The van der Waals surface area contributed by atoms with Gasteiger partial charge in [-0.25, -0.2) is 24.3 Å². The first-order chi connectivity index (χ1) is 12.6. The molecule has 1 fully saturated rings. The molecule has 2 aromatic heterocycles. The Labute approximate surface area is 154 Å². The van der Waals surface area contributed by atoms with Crippen LogP contribution in [0, 0.1) is 5.82 Å². The Morgan fingerprint density at radius 3 is 2.92 bits per heavy atom. The van der Waals surface area contributed by atoms with E-state index in [1.54, 1.807) is 12.3 Å². The molecule has 134 valence electrons. The maximum atomic E-state index is 13.3. The summed E-state index contributed by atoms with van der Waals surface area (Å²) in [5.41, 5.74) is 1.81. The van der Waals surface area contributed by atoms with Gasteiger partial charge in [-0.05, 0) is 38.2 Å². The maximum absolute atomic E-state index is 13.3. The Bertz CT molecular complexity index is 952. The molecule has 1 saturated heterocycles. The maximum Gasteiger partial charge on any atom is 0.223 e. The van der Waals surface area contributed by atoms with Crippen molar-refractivity contribution in [3.63, 3.8) is 0 Å². The van der Waals surface area contributed by atoms with E-state index in [1.807, 2.05) is 0 Å². The fraction of sp³-hybridized carbons (Fsp3) is 0.294. The fourth-order valence-electron chi connectivity index (χ4n) is 2.96. The van der Waals surface area contributed by atoms with Crippen molar-refractivity contribution in [2.24, 2.45) is 0 Å². The quantitative estimate of drug-likeness (QED) is 0.727. The molecule has 1 aromatic carbocycles. The van der Waals surface area contributed by atoms with E-state index in [2.05, 4.69) is 42.5 Å². The first-order valence-electron chi connectivity index (χ1n) is 8.23. The number of hydrogen-bond donors (Lipinski definition) is 2. The molecule has 7 nitrogen and oxygen atoms in total. The number of hydrogen-bond acceptors (Lipinski definition) is 7. The van der Waals surface area contributed by atoms with E-state index in [0.717, 1.165) is 19.5 Å². The lowest BCUT2D eigenvalue weighted by Gasteiger charge is -2.13. The molecule has 1 unspecified atom stereocenters. The number of rotatable bonds is 4. The number of likely N-dealkylation sites (N-methyl/N-ethyl adjacent to an activating group) is 1. The number of nitrogens with one attached hydrogen (secondary N) is 2. The third-order valence-electron chi connectivity index (χ3n) is 4.28. The molecule has 1 aliphatic heterocycles. The smallest absolute Gasteiger partial charge is 0.223 e. The SMILES string of the molecule is CN1CCC(Nc2ncc3ncnc(Nc4ccc(F)c(Cl)c4)c3n2)C1. The van der Waals surface area contributed by atoms with E-state index in [4.69, 9.17) is 11.6 Å². The second-order valence-electron chi connectivity index (χ2n) is 6.30. The van der Waals surface area contributed by atoms with Crippen molar-refractivity contribution < 1.29 is 4.39 Å². The molecule has 9 heteroatoms. The number of likely N-dealkylation sites (tertiary alicyclic amines) is 1. The predicted molar refractivity (Wildman–Crippen MR) is 99.3 cm³/mol. The third-order valence-corrected chi connectivity index (χ3v) is 4.57. The molecule has 3 heterocycles.